The second kappa shape index (κ2) is 3.51. The van der Waals surface area contributed by atoms with Gasteiger partial charge in [0.1, 0.15) is 5.54 Å². The van der Waals surface area contributed by atoms with E-state index in [0.717, 1.165) is 4.90 Å². The molecule has 6 heteroatoms. The van der Waals surface area contributed by atoms with Crippen molar-refractivity contribution in [2.75, 3.05) is 4.90 Å². The van der Waals surface area contributed by atoms with Crippen molar-refractivity contribution >= 4 is 17.6 Å². The Morgan fingerprint density at radius 2 is 2.06 bits per heavy atom. The Morgan fingerprint density at radius 3 is 2.53 bits per heavy atom. The summed E-state index contributed by atoms with van der Waals surface area (Å²) in [5, 5.41) is 2.54. The number of halogens is 1. The average molecular weight is 237 g/mol. The van der Waals surface area contributed by atoms with Crippen molar-refractivity contribution in [2.45, 2.75) is 26.3 Å². The standard InChI is InChI=1S/C11H12FN3O2/c1-6-4-7(5-13-8(6)12)15-9(16)11(2,3)14-10(15)17/h4-5H,1-3H3,(H,14,17). The van der Waals surface area contributed by atoms with E-state index in [9.17, 15) is 14.0 Å². The van der Waals surface area contributed by atoms with Crippen LogP contribution in [0.15, 0.2) is 12.3 Å². The smallest absolute Gasteiger partial charge is 0.323 e. The van der Waals surface area contributed by atoms with Crippen molar-refractivity contribution in [1.29, 1.82) is 0 Å². The molecule has 1 N–H and O–H groups in total. The first-order valence-corrected chi connectivity index (χ1v) is 5.12. The summed E-state index contributed by atoms with van der Waals surface area (Å²) in [6.07, 6.45) is 1.17. The fourth-order valence-corrected chi connectivity index (χ4v) is 1.65. The minimum Gasteiger partial charge on any atom is -0.323 e. The summed E-state index contributed by atoms with van der Waals surface area (Å²) in [6.45, 7) is 4.74. The topological polar surface area (TPSA) is 62.3 Å². The SMILES string of the molecule is Cc1cc(N2C(=O)NC(C)(C)C2=O)cnc1F. The number of rotatable bonds is 1. The van der Waals surface area contributed by atoms with Crippen LogP contribution in [0.25, 0.3) is 0 Å². The quantitative estimate of drug-likeness (QED) is 0.592. The van der Waals surface area contributed by atoms with Gasteiger partial charge in [0.25, 0.3) is 5.91 Å². The lowest BCUT2D eigenvalue weighted by Crippen LogP contribution is -2.40. The second-order valence-corrected chi connectivity index (χ2v) is 4.50. The predicted octanol–water partition coefficient (Wildman–Crippen LogP) is 1.36. The zero-order chi connectivity index (χ0) is 12.8. The summed E-state index contributed by atoms with van der Waals surface area (Å²) in [7, 11) is 0. The van der Waals surface area contributed by atoms with Gasteiger partial charge in [0.15, 0.2) is 0 Å². The summed E-state index contributed by atoms with van der Waals surface area (Å²) < 4.78 is 13.0. The molecule has 1 fully saturated rings. The van der Waals surface area contributed by atoms with E-state index < -0.39 is 17.5 Å². The molecule has 1 aromatic rings. The fourth-order valence-electron chi connectivity index (χ4n) is 1.65. The molecular formula is C11H12FN3O2. The van der Waals surface area contributed by atoms with Gasteiger partial charge < -0.3 is 5.32 Å². The van der Waals surface area contributed by atoms with E-state index in [4.69, 9.17) is 0 Å². The highest BCUT2D eigenvalue weighted by Gasteiger charge is 2.45. The summed E-state index contributed by atoms with van der Waals surface area (Å²) >= 11 is 0. The number of anilines is 1. The lowest BCUT2D eigenvalue weighted by molar-refractivity contribution is -0.121. The van der Waals surface area contributed by atoms with Crippen LogP contribution in [0.5, 0.6) is 0 Å². The summed E-state index contributed by atoms with van der Waals surface area (Å²) in [6, 6.07) is 0.897. The third kappa shape index (κ3) is 1.75. The summed E-state index contributed by atoms with van der Waals surface area (Å²) in [4.78, 5) is 28.1. The van der Waals surface area contributed by atoms with Crippen molar-refractivity contribution in [3.05, 3.63) is 23.8 Å². The third-order valence-corrected chi connectivity index (χ3v) is 2.62. The number of imide groups is 1. The van der Waals surface area contributed by atoms with Crippen LogP contribution in [0.2, 0.25) is 0 Å². The van der Waals surface area contributed by atoms with Gasteiger partial charge in [-0.15, -0.1) is 0 Å². The van der Waals surface area contributed by atoms with Crippen LogP contribution in [0, 0.1) is 12.9 Å². The van der Waals surface area contributed by atoms with Crippen LogP contribution >= 0.6 is 0 Å². The molecule has 90 valence electrons. The van der Waals surface area contributed by atoms with Crippen LogP contribution in [0.1, 0.15) is 19.4 Å². The Kier molecular flexibility index (Phi) is 2.38. The van der Waals surface area contributed by atoms with Crippen LogP contribution in [-0.2, 0) is 4.79 Å². The lowest BCUT2D eigenvalue weighted by atomic mass is 10.1. The molecule has 17 heavy (non-hydrogen) atoms. The van der Waals surface area contributed by atoms with Crippen LogP contribution in [0.4, 0.5) is 14.9 Å². The van der Waals surface area contributed by atoms with Crippen molar-refractivity contribution in [1.82, 2.24) is 10.3 Å². The number of nitrogens with zero attached hydrogens (tertiary/aromatic N) is 2. The molecular weight excluding hydrogens is 225 g/mol. The molecule has 1 aliphatic rings. The largest absolute Gasteiger partial charge is 0.329 e. The number of aryl methyl sites for hydroxylation is 1. The Hall–Kier alpha value is -1.98. The first kappa shape index (κ1) is 11.5. The number of urea groups is 1. The summed E-state index contributed by atoms with van der Waals surface area (Å²) in [5.74, 6) is -0.990. The van der Waals surface area contributed by atoms with Crippen molar-refractivity contribution in [2.24, 2.45) is 0 Å². The van der Waals surface area contributed by atoms with E-state index in [-0.39, 0.29) is 17.2 Å². The van der Waals surface area contributed by atoms with Gasteiger partial charge in [-0.25, -0.2) is 14.7 Å². The van der Waals surface area contributed by atoms with Gasteiger partial charge in [0.05, 0.1) is 11.9 Å². The molecule has 0 atom stereocenters. The molecule has 0 radical (unpaired) electrons. The molecule has 2 heterocycles. The predicted molar refractivity (Wildman–Crippen MR) is 59.0 cm³/mol. The molecule has 0 bridgehead atoms. The number of nitrogens with one attached hydrogen (secondary N) is 1. The number of pyridine rings is 1. The zero-order valence-corrected chi connectivity index (χ0v) is 9.74. The number of carbonyl (C=O) groups is 2. The zero-order valence-electron chi connectivity index (χ0n) is 9.74. The normalized spacial score (nSPS) is 18.5. The van der Waals surface area contributed by atoms with Crippen LogP contribution < -0.4 is 10.2 Å². The van der Waals surface area contributed by atoms with Crippen molar-refractivity contribution in [3.63, 3.8) is 0 Å². The van der Waals surface area contributed by atoms with E-state index >= 15 is 0 Å². The first-order valence-electron chi connectivity index (χ1n) is 5.12. The van der Waals surface area contributed by atoms with Crippen LogP contribution in [-0.4, -0.2) is 22.5 Å². The Morgan fingerprint density at radius 1 is 1.41 bits per heavy atom. The van der Waals surface area contributed by atoms with E-state index in [1.807, 2.05) is 0 Å². The van der Waals surface area contributed by atoms with Gasteiger partial charge in [-0.05, 0) is 26.8 Å². The maximum absolute atomic E-state index is 13.0. The van der Waals surface area contributed by atoms with Crippen LogP contribution in [0.3, 0.4) is 0 Å². The van der Waals surface area contributed by atoms with E-state index in [1.54, 1.807) is 13.8 Å². The minimum atomic E-state index is -0.945. The van der Waals surface area contributed by atoms with Gasteiger partial charge in [0, 0.05) is 5.56 Å². The Labute approximate surface area is 97.6 Å². The lowest BCUT2D eigenvalue weighted by Gasteiger charge is -2.16. The fraction of sp³-hybridized carbons (Fsp3) is 0.364. The second-order valence-electron chi connectivity index (χ2n) is 4.50. The van der Waals surface area contributed by atoms with Gasteiger partial charge in [0.2, 0.25) is 5.95 Å². The van der Waals surface area contributed by atoms with Crippen molar-refractivity contribution < 1.29 is 14.0 Å². The number of hydrogen-bond acceptors (Lipinski definition) is 3. The van der Waals surface area contributed by atoms with Gasteiger partial charge in [-0.1, -0.05) is 0 Å². The molecule has 1 saturated heterocycles. The number of amides is 3. The Bertz CT molecular complexity index is 513. The number of hydrogen-bond donors (Lipinski definition) is 1. The molecule has 0 spiro atoms. The molecule has 1 aliphatic heterocycles. The molecule has 1 aromatic heterocycles. The van der Waals surface area contributed by atoms with E-state index in [2.05, 4.69) is 10.3 Å². The highest BCUT2D eigenvalue weighted by atomic mass is 19.1. The molecule has 0 unspecified atom stereocenters. The Balaban J connectivity index is 2.44. The average Bonchev–Trinajstić information content (AvgIpc) is 2.42. The third-order valence-electron chi connectivity index (χ3n) is 2.62. The summed E-state index contributed by atoms with van der Waals surface area (Å²) in [5.41, 5.74) is -0.385. The first-order chi connectivity index (χ1) is 7.83. The monoisotopic (exact) mass is 237 g/mol. The van der Waals surface area contributed by atoms with Gasteiger partial charge >= 0.3 is 6.03 Å². The molecule has 0 saturated carbocycles. The number of carbonyl (C=O) groups excluding carboxylic acids is 2. The van der Waals surface area contributed by atoms with Gasteiger partial charge in [-0.2, -0.15) is 4.39 Å². The molecule has 0 aliphatic carbocycles. The minimum absolute atomic E-state index is 0.275. The maximum atomic E-state index is 13.0. The van der Waals surface area contributed by atoms with E-state index in [1.165, 1.54) is 19.2 Å². The molecule has 5 nitrogen and oxygen atoms in total. The van der Waals surface area contributed by atoms with Gasteiger partial charge in [-0.3, -0.25) is 4.79 Å². The maximum Gasteiger partial charge on any atom is 0.329 e. The highest BCUT2D eigenvalue weighted by molar-refractivity contribution is 6.22. The highest BCUT2D eigenvalue weighted by Crippen LogP contribution is 2.24. The van der Waals surface area contributed by atoms with E-state index in [0.29, 0.717) is 0 Å². The molecule has 3 amide bonds. The number of aromatic nitrogens is 1. The molecule has 2 rings (SSSR count). The van der Waals surface area contributed by atoms with Crippen molar-refractivity contribution in [3.8, 4) is 0 Å². The molecule has 0 aromatic carbocycles.